The summed E-state index contributed by atoms with van der Waals surface area (Å²) in [5.74, 6) is -1.09. The van der Waals surface area contributed by atoms with E-state index in [1.807, 2.05) is 30.8 Å². The number of hydrogen-bond acceptors (Lipinski definition) is 5. The van der Waals surface area contributed by atoms with Gasteiger partial charge in [-0.15, -0.1) is 0 Å². The van der Waals surface area contributed by atoms with Crippen LogP contribution in [-0.2, 0) is 0 Å². The molecule has 0 radical (unpaired) electrons. The zero-order valence-corrected chi connectivity index (χ0v) is 12.6. The Morgan fingerprint density at radius 1 is 1.33 bits per heavy atom. The highest BCUT2D eigenvalue weighted by Crippen LogP contribution is 2.29. The lowest BCUT2D eigenvalue weighted by Gasteiger charge is -2.24. The maximum atomic E-state index is 11.1. The molecular weight excluding hydrogens is 274 g/mol. The van der Waals surface area contributed by atoms with Gasteiger partial charge in [-0.25, -0.2) is 4.79 Å². The van der Waals surface area contributed by atoms with Crippen LogP contribution in [0.1, 0.15) is 23.7 Å². The zero-order chi connectivity index (χ0) is 16.0. The largest absolute Gasteiger partial charge is 0.478 e. The Balaban J connectivity index is 3.06. The molecule has 116 valence electrons. The summed E-state index contributed by atoms with van der Waals surface area (Å²) in [6, 6.07) is 3.89. The van der Waals surface area contributed by atoms with Gasteiger partial charge < -0.3 is 14.9 Å². The van der Waals surface area contributed by atoms with Gasteiger partial charge in [-0.1, -0.05) is 0 Å². The molecule has 0 amide bonds. The molecule has 7 heteroatoms. The Morgan fingerprint density at radius 3 is 2.48 bits per heavy atom. The van der Waals surface area contributed by atoms with E-state index < -0.39 is 10.9 Å². The molecule has 0 saturated carbocycles. The van der Waals surface area contributed by atoms with E-state index in [4.69, 9.17) is 5.11 Å². The van der Waals surface area contributed by atoms with Gasteiger partial charge in [-0.3, -0.25) is 10.1 Å². The standard InChI is InChI=1S/C14H21N3O4/c1-4-16(9-5-8-15(2)3)13-10-11(14(18)19)6-7-12(13)17(20)21/h6-7,10H,4-5,8-9H2,1-3H3,(H,18,19). The number of benzene rings is 1. The Bertz CT molecular complexity index is 517. The van der Waals surface area contributed by atoms with Gasteiger partial charge in [0.05, 0.1) is 10.5 Å². The predicted octanol–water partition coefficient (Wildman–Crippen LogP) is 2.07. The van der Waals surface area contributed by atoms with E-state index in [1.165, 1.54) is 18.2 Å². The number of rotatable bonds is 8. The molecule has 0 spiro atoms. The van der Waals surface area contributed by atoms with E-state index in [9.17, 15) is 14.9 Å². The van der Waals surface area contributed by atoms with Crippen molar-refractivity contribution in [2.45, 2.75) is 13.3 Å². The third-order valence-corrected chi connectivity index (χ3v) is 3.17. The molecule has 0 aliphatic rings. The summed E-state index contributed by atoms with van der Waals surface area (Å²) in [6.07, 6.45) is 0.843. The van der Waals surface area contributed by atoms with E-state index in [-0.39, 0.29) is 11.3 Å². The molecule has 1 aromatic carbocycles. The first-order valence-corrected chi connectivity index (χ1v) is 6.78. The average Bonchev–Trinajstić information content (AvgIpc) is 2.42. The molecule has 0 aliphatic carbocycles. The summed E-state index contributed by atoms with van der Waals surface area (Å²) >= 11 is 0. The summed E-state index contributed by atoms with van der Waals surface area (Å²) in [5.41, 5.74) is 0.356. The van der Waals surface area contributed by atoms with Crippen molar-refractivity contribution in [1.29, 1.82) is 0 Å². The summed E-state index contributed by atoms with van der Waals surface area (Å²) in [6.45, 7) is 3.98. The summed E-state index contributed by atoms with van der Waals surface area (Å²) < 4.78 is 0. The summed E-state index contributed by atoms with van der Waals surface area (Å²) in [5, 5.41) is 20.2. The molecular formula is C14H21N3O4. The van der Waals surface area contributed by atoms with Crippen molar-refractivity contribution in [3.63, 3.8) is 0 Å². The zero-order valence-electron chi connectivity index (χ0n) is 12.6. The first kappa shape index (κ1) is 16.9. The third kappa shape index (κ3) is 4.71. The molecule has 7 nitrogen and oxygen atoms in total. The van der Waals surface area contributed by atoms with Gasteiger partial charge >= 0.3 is 5.97 Å². The van der Waals surface area contributed by atoms with Crippen LogP contribution >= 0.6 is 0 Å². The number of aromatic carboxylic acids is 1. The summed E-state index contributed by atoms with van der Waals surface area (Å²) in [7, 11) is 3.92. The highest BCUT2D eigenvalue weighted by Gasteiger charge is 2.20. The fraction of sp³-hybridized carbons (Fsp3) is 0.500. The monoisotopic (exact) mass is 295 g/mol. The molecule has 0 unspecified atom stereocenters. The smallest absolute Gasteiger partial charge is 0.335 e. The Labute approximate surface area is 123 Å². The lowest BCUT2D eigenvalue weighted by molar-refractivity contribution is -0.384. The van der Waals surface area contributed by atoms with Crippen LogP contribution in [0.2, 0.25) is 0 Å². The molecule has 0 saturated heterocycles. The number of anilines is 1. The first-order chi connectivity index (χ1) is 9.86. The van der Waals surface area contributed by atoms with Gasteiger partial charge in [0.2, 0.25) is 0 Å². The van der Waals surface area contributed by atoms with Crippen LogP contribution in [0.5, 0.6) is 0 Å². The van der Waals surface area contributed by atoms with Crippen LogP contribution in [0.25, 0.3) is 0 Å². The molecule has 0 heterocycles. The van der Waals surface area contributed by atoms with Crippen molar-refractivity contribution >= 4 is 17.3 Å². The third-order valence-electron chi connectivity index (χ3n) is 3.17. The minimum absolute atomic E-state index is 0.0571. The highest BCUT2D eigenvalue weighted by atomic mass is 16.6. The Hall–Kier alpha value is -2.15. The topological polar surface area (TPSA) is 86.9 Å². The quantitative estimate of drug-likeness (QED) is 0.583. The van der Waals surface area contributed by atoms with Gasteiger partial charge in [0.15, 0.2) is 0 Å². The van der Waals surface area contributed by atoms with Crippen molar-refractivity contribution in [3.8, 4) is 0 Å². The van der Waals surface area contributed by atoms with Crippen molar-refractivity contribution in [2.24, 2.45) is 0 Å². The van der Waals surface area contributed by atoms with Crippen LogP contribution in [-0.4, -0.2) is 54.6 Å². The molecule has 1 aromatic rings. The fourth-order valence-corrected chi connectivity index (χ4v) is 2.09. The molecule has 0 atom stereocenters. The molecule has 21 heavy (non-hydrogen) atoms. The van der Waals surface area contributed by atoms with E-state index in [2.05, 4.69) is 0 Å². The molecule has 0 bridgehead atoms. The number of nitro groups is 1. The van der Waals surface area contributed by atoms with Gasteiger partial charge in [0, 0.05) is 19.2 Å². The lowest BCUT2D eigenvalue weighted by Crippen LogP contribution is -2.27. The lowest BCUT2D eigenvalue weighted by atomic mass is 10.1. The first-order valence-electron chi connectivity index (χ1n) is 6.78. The number of nitro benzene ring substituents is 1. The molecule has 1 rings (SSSR count). The van der Waals surface area contributed by atoms with E-state index in [1.54, 1.807) is 0 Å². The second kappa shape index (κ2) is 7.58. The second-order valence-electron chi connectivity index (χ2n) is 5.00. The van der Waals surface area contributed by atoms with Crippen LogP contribution < -0.4 is 4.90 Å². The average molecular weight is 295 g/mol. The van der Waals surface area contributed by atoms with Gasteiger partial charge in [-0.05, 0) is 46.1 Å². The van der Waals surface area contributed by atoms with Crippen LogP contribution in [0.15, 0.2) is 18.2 Å². The van der Waals surface area contributed by atoms with Crippen molar-refractivity contribution in [2.75, 3.05) is 38.6 Å². The van der Waals surface area contributed by atoms with Crippen LogP contribution in [0.4, 0.5) is 11.4 Å². The van der Waals surface area contributed by atoms with Crippen LogP contribution in [0.3, 0.4) is 0 Å². The maximum absolute atomic E-state index is 11.1. The predicted molar refractivity (Wildman–Crippen MR) is 81.1 cm³/mol. The van der Waals surface area contributed by atoms with Crippen molar-refractivity contribution in [3.05, 3.63) is 33.9 Å². The maximum Gasteiger partial charge on any atom is 0.335 e. The Morgan fingerprint density at radius 2 is 2.00 bits per heavy atom. The van der Waals surface area contributed by atoms with Gasteiger partial charge in [-0.2, -0.15) is 0 Å². The van der Waals surface area contributed by atoms with Crippen LogP contribution in [0, 0.1) is 10.1 Å². The minimum Gasteiger partial charge on any atom is -0.478 e. The Kier molecular flexibility index (Phi) is 6.10. The summed E-state index contributed by atoms with van der Waals surface area (Å²) in [4.78, 5) is 25.6. The number of carboxylic acid groups (broad SMARTS) is 1. The van der Waals surface area contributed by atoms with Gasteiger partial charge in [0.25, 0.3) is 5.69 Å². The normalized spacial score (nSPS) is 10.7. The second-order valence-corrected chi connectivity index (χ2v) is 5.00. The van der Waals surface area contributed by atoms with E-state index in [0.29, 0.717) is 18.8 Å². The number of nitrogens with zero attached hydrogens (tertiary/aromatic N) is 3. The SMILES string of the molecule is CCN(CCCN(C)C)c1cc(C(=O)O)ccc1[N+](=O)[O-]. The molecule has 1 N–H and O–H groups in total. The molecule has 0 aromatic heterocycles. The van der Waals surface area contributed by atoms with E-state index in [0.717, 1.165) is 13.0 Å². The van der Waals surface area contributed by atoms with Crippen molar-refractivity contribution in [1.82, 2.24) is 4.90 Å². The number of carboxylic acids is 1. The van der Waals surface area contributed by atoms with Crippen molar-refractivity contribution < 1.29 is 14.8 Å². The number of hydrogen-bond donors (Lipinski definition) is 1. The van der Waals surface area contributed by atoms with E-state index >= 15 is 0 Å². The minimum atomic E-state index is -1.09. The molecule has 0 aliphatic heterocycles. The number of carbonyl (C=O) groups is 1. The van der Waals surface area contributed by atoms with Gasteiger partial charge in [0.1, 0.15) is 5.69 Å². The highest BCUT2D eigenvalue weighted by molar-refractivity contribution is 5.90. The fourth-order valence-electron chi connectivity index (χ4n) is 2.09. The molecule has 0 fully saturated rings.